The Morgan fingerprint density at radius 1 is 1.26 bits per heavy atom. The summed E-state index contributed by atoms with van der Waals surface area (Å²) in [5.41, 5.74) is -1.20. The number of aryl methyl sites for hydroxylation is 1. The highest BCUT2D eigenvalue weighted by molar-refractivity contribution is 14.0. The lowest BCUT2D eigenvalue weighted by Gasteiger charge is -2.22. The van der Waals surface area contributed by atoms with Gasteiger partial charge in [-0.2, -0.15) is 0 Å². The number of rotatable bonds is 8. The summed E-state index contributed by atoms with van der Waals surface area (Å²) in [5, 5.41) is 19.3. The van der Waals surface area contributed by atoms with Gasteiger partial charge in [0.1, 0.15) is 29.4 Å². The van der Waals surface area contributed by atoms with Crippen molar-refractivity contribution in [2.24, 2.45) is 4.99 Å². The summed E-state index contributed by atoms with van der Waals surface area (Å²) in [7, 11) is 0. The quantitative estimate of drug-likeness (QED) is 0.256. The SMILES string of the molecule is CCNC(=NCC(=O)NCc1ccco1)NCC(C)(O)c1ccc(C)o1.I. The van der Waals surface area contributed by atoms with E-state index in [1.165, 1.54) is 0 Å². The zero-order chi connectivity index (χ0) is 19.0. The molecule has 0 spiro atoms. The summed E-state index contributed by atoms with van der Waals surface area (Å²) in [6, 6.07) is 7.09. The molecule has 0 bridgehead atoms. The summed E-state index contributed by atoms with van der Waals surface area (Å²) in [6.07, 6.45) is 1.55. The maximum Gasteiger partial charge on any atom is 0.242 e. The molecule has 1 unspecified atom stereocenters. The molecule has 0 saturated heterocycles. The van der Waals surface area contributed by atoms with E-state index in [1.54, 1.807) is 37.5 Å². The molecule has 150 valence electrons. The minimum absolute atomic E-state index is 0. The molecule has 0 aliphatic heterocycles. The van der Waals surface area contributed by atoms with Crippen molar-refractivity contribution in [1.82, 2.24) is 16.0 Å². The highest BCUT2D eigenvalue weighted by Gasteiger charge is 2.27. The van der Waals surface area contributed by atoms with Crippen LogP contribution in [0.5, 0.6) is 0 Å². The first-order chi connectivity index (χ1) is 12.4. The fraction of sp³-hybridized carbons (Fsp3) is 0.444. The second kappa shape index (κ2) is 11.0. The molecule has 2 heterocycles. The van der Waals surface area contributed by atoms with Crippen LogP contribution in [0, 0.1) is 6.92 Å². The van der Waals surface area contributed by atoms with Gasteiger partial charge in [0.25, 0.3) is 0 Å². The number of hydrogen-bond acceptors (Lipinski definition) is 5. The Morgan fingerprint density at radius 2 is 2.04 bits per heavy atom. The number of nitrogens with zero attached hydrogens (tertiary/aromatic N) is 1. The Kier molecular flexibility index (Phi) is 9.36. The maximum atomic E-state index is 11.9. The van der Waals surface area contributed by atoms with Crippen LogP contribution >= 0.6 is 24.0 Å². The first kappa shape index (κ1) is 23.0. The summed E-state index contributed by atoms with van der Waals surface area (Å²) < 4.78 is 10.6. The Bertz CT molecular complexity index is 726. The molecule has 27 heavy (non-hydrogen) atoms. The van der Waals surface area contributed by atoms with Gasteiger partial charge in [0.05, 0.1) is 19.4 Å². The molecule has 0 fully saturated rings. The molecule has 0 aliphatic rings. The van der Waals surface area contributed by atoms with Gasteiger partial charge in [-0.15, -0.1) is 24.0 Å². The van der Waals surface area contributed by atoms with Gasteiger partial charge in [0, 0.05) is 6.54 Å². The molecule has 2 aromatic heterocycles. The molecule has 0 saturated carbocycles. The summed E-state index contributed by atoms with van der Waals surface area (Å²) in [6.45, 7) is 6.47. The van der Waals surface area contributed by atoms with Crippen LogP contribution in [0.1, 0.15) is 31.1 Å². The third kappa shape index (κ3) is 7.63. The van der Waals surface area contributed by atoms with E-state index in [0.717, 1.165) is 5.76 Å². The maximum absolute atomic E-state index is 11.9. The van der Waals surface area contributed by atoms with Crippen LogP contribution < -0.4 is 16.0 Å². The third-order valence-electron chi connectivity index (χ3n) is 3.64. The van der Waals surface area contributed by atoms with Gasteiger partial charge in [0.15, 0.2) is 5.96 Å². The lowest BCUT2D eigenvalue weighted by molar-refractivity contribution is -0.119. The molecule has 0 aliphatic carbocycles. The number of guanidine groups is 1. The Morgan fingerprint density at radius 3 is 2.63 bits per heavy atom. The van der Waals surface area contributed by atoms with E-state index in [4.69, 9.17) is 8.83 Å². The average molecular weight is 490 g/mol. The topological polar surface area (TPSA) is 112 Å². The van der Waals surface area contributed by atoms with Crippen molar-refractivity contribution in [2.45, 2.75) is 32.9 Å². The van der Waals surface area contributed by atoms with Gasteiger partial charge in [-0.1, -0.05) is 0 Å². The second-order valence-electron chi connectivity index (χ2n) is 6.09. The lowest BCUT2D eigenvalue weighted by atomic mass is 10.0. The molecule has 2 rings (SSSR count). The van der Waals surface area contributed by atoms with Crippen LogP contribution in [-0.2, 0) is 16.9 Å². The van der Waals surface area contributed by atoms with Gasteiger partial charge in [0.2, 0.25) is 5.91 Å². The molecule has 2 aromatic rings. The molecule has 8 nitrogen and oxygen atoms in total. The van der Waals surface area contributed by atoms with Crippen molar-refractivity contribution in [2.75, 3.05) is 19.6 Å². The van der Waals surface area contributed by atoms with E-state index in [2.05, 4.69) is 20.9 Å². The minimum Gasteiger partial charge on any atom is -0.467 e. The number of halogens is 1. The van der Waals surface area contributed by atoms with Crippen molar-refractivity contribution >= 4 is 35.8 Å². The number of aliphatic hydroxyl groups is 1. The molecule has 1 amide bonds. The molecule has 0 radical (unpaired) electrons. The summed E-state index contributed by atoms with van der Waals surface area (Å²) in [4.78, 5) is 16.1. The van der Waals surface area contributed by atoms with Crippen molar-refractivity contribution in [3.63, 3.8) is 0 Å². The second-order valence-corrected chi connectivity index (χ2v) is 6.09. The normalized spacial score (nSPS) is 13.4. The van der Waals surface area contributed by atoms with Crippen LogP contribution in [-0.4, -0.2) is 36.6 Å². The fourth-order valence-electron chi connectivity index (χ4n) is 2.21. The number of aliphatic imine (C=N–C) groups is 1. The lowest BCUT2D eigenvalue weighted by Crippen LogP contribution is -2.45. The van der Waals surface area contributed by atoms with Gasteiger partial charge in [-0.3, -0.25) is 4.79 Å². The highest BCUT2D eigenvalue weighted by atomic mass is 127. The zero-order valence-electron chi connectivity index (χ0n) is 15.7. The first-order valence-electron chi connectivity index (χ1n) is 8.51. The largest absolute Gasteiger partial charge is 0.467 e. The molecule has 4 N–H and O–H groups in total. The van der Waals surface area contributed by atoms with Crippen molar-refractivity contribution in [3.8, 4) is 0 Å². The zero-order valence-corrected chi connectivity index (χ0v) is 18.1. The number of nitrogens with one attached hydrogen (secondary N) is 3. The number of hydrogen-bond donors (Lipinski definition) is 4. The molecule has 1 atom stereocenters. The predicted octanol–water partition coefficient (Wildman–Crippen LogP) is 1.88. The molecule has 9 heteroatoms. The van der Waals surface area contributed by atoms with Crippen molar-refractivity contribution in [1.29, 1.82) is 0 Å². The van der Waals surface area contributed by atoms with E-state index in [1.807, 2.05) is 13.8 Å². The van der Waals surface area contributed by atoms with Gasteiger partial charge in [-0.05, 0) is 45.0 Å². The first-order valence-corrected chi connectivity index (χ1v) is 8.51. The van der Waals surface area contributed by atoms with Crippen molar-refractivity contribution in [3.05, 3.63) is 47.8 Å². The Labute approximate surface area is 175 Å². The van der Waals surface area contributed by atoms with E-state index in [9.17, 15) is 9.90 Å². The predicted molar refractivity (Wildman–Crippen MR) is 113 cm³/mol. The van der Waals surface area contributed by atoms with E-state index < -0.39 is 5.60 Å². The number of carbonyl (C=O) groups excluding carboxylic acids is 1. The third-order valence-corrected chi connectivity index (χ3v) is 3.64. The molecule has 0 aromatic carbocycles. The Hall–Kier alpha value is -2.01. The Balaban J connectivity index is 0.00000364. The van der Waals surface area contributed by atoms with Crippen LogP contribution in [0.15, 0.2) is 44.4 Å². The van der Waals surface area contributed by atoms with Crippen LogP contribution in [0.4, 0.5) is 0 Å². The molecular weight excluding hydrogens is 463 g/mol. The fourth-order valence-corrected chi connectivity index (χ4v) is 2.21. The van der Waals surface area contributed by atoms with Gasteiger partial charge >= 0.3 is 0 Å². The highest BCUT2D eigenvalue weighted by Crippen LogP contribution is 2.21. The van der Waals surface area contributed by atoms with Gasteiger partial charge in [-0.25, -0.2) is 4.99 Å². The standard InChI is InChI=1S/C18H26N4O4.HI/c1-4-19-17(21-11-16(23)20-10-14-6-5-9-25-14)22-12-18(3,24)15-8-7-13(2)26-15;/h5-9,24H,4,10-12H2,1-3H3,(H,20,23)(H2,19,21,22);1H. The summed E-state index contributed by atoms with van der Waals surface area (Å²) in [5.74, 6) is 2.08. The average Bonchev–Trinajstić information content (AvgIpc) is 3.27. The number of furan rings is 2. The van der Waals surface area contributed by atoms with Crippen LogP contribution in [0.25, 0.3) is 0 Å². The summed E-state index contributed by atoms with van der Waals surface area (Å²) >= 11 is 0. The van der Waals surface area contributed by atoms with E-state index in [-0.39, 0.29) is 43.0 Å². The van der Waals surface area contributed by atoms with E-state index >= 15 is 0 Å². The monoisotopic (exact) mass is 490 g/mol. The van der Waals surface area contributed by atoms with Crippen LogP contribution in [0.2, 0.25) is 0 Å². The minimum atomic E-state index is -1.20. The number of amides is 1. The molecular formula is C18H27IN4O4. The van der Waals surface area contributed by atoms with Crippen molar-refractivity contribution < 1.29 is 18.7 Å². The van der Waals surface area contributed by atoms with Gasteiger partial charge < -0.3 is 29.9 Å². The number of carbonyl (C=O) groups is 1. The van der Waals surface area contributed by atoms with E-state index in [0.29, 0.717) is 30.6 Å². The smallest absolute Gasteiger partial charge is 0.242 e. The van der Waals surface area contributed by atoms with Crippen LogP contribution in [0.3, 0.4) is 0 Å².